The molecule has 1 saturated carbocycles. The highest BCUT2D eigenvalue weighted by molar-refractivity contribution is 9.10. The molecule has 104 valence electrons. The maximum absolute atomic E-state index is 5.97. The van der Waals surface area contributed by atoms with Crippen molar-refractivity contribution in [2.24, 2.45) is 0 Å². The summed E-state index contributed by atoms with van der Waals surface area (Å²) in [5.41, 5.74) is 9.28. The molecule has 3 rings (SSSR count). The van der Waals surface area contributed by atoms with Gasteiger partial charge in [-0.1, -0.05) is 34.8 Å². The zero-order valence-corrected chi connectivity index (χ0v) is 13.2. The first kappa shape index (κ1) is 13.6. The van der Waals surface area contributed by atoms with E-state index in [2.05, 4.69) is 33.9 Å². The number of hydrogen-bond acceptors (Lipinski definition) is 3. The summed E-state index contributed by atoms with van der Waals surface area (Å²) in [6.07, 6.45) is 5.02. The number of rotatable bonds is 2. The minimum absolute atomic E-state index is 0.551. The lowest BCUT2D eigenvalue weighted by molar-refractivity contribution is 0.696. The van der Waals surface area contributed by atoms with Gasteiger partial charge in [0, 0.05) is 27.7 Å². The molecule has 0 radical (unpaired) electrons. The number of aromatic nitrogens is 2. The van der Waals surface area contributed by atoms with E-state index in [1.165, 1.54) is 31.2 Å². The molecule has 0 bridgehead atoms. The zero-order chi connectivity index (χ0) is 14.1. The second-order valence-electron chi connectivity index (χ2n) is 5.49. The van der Waals surface area contributed by atoms with Gasteiger partial charge >= 0.3 is 0 Å². The molecular weight excluding hydrogens is 314 g/mol. The van der Waals surface area contributed by atoms with Crippen molar-refractivity contribution in [3.05, 3.63) is 40.0 Å². The lowest BCUT2D eigenvalue weighted by Gasteiger charge is -2.11. The standard InChI is InChI=1S/C16H18BrN3/c1-10-8-12(6-7-13(10)17)16-19-14(9-15(18)20-16)11-4-2-3-5-11/h6-9,11H,2-5H2,1H3,(H2,18,19,20). The maximum Gasteiger partial charge on any atom is 0.161 e. The molecule has 1 fully saturated rings. The summed E-state index contributed by atoms with van der Waals surface area (Å²) in [6.45, 7) is 2.07. The third-order valence-electron chi connectivity index (χ3n) is 3.96. The number of aryl methyl sites for hydroxylation is 1. The molecule has 2 aromatic rings. The van der Waals surface area contributed by atoms with Gasteiger partial charge in [-0.25, -0.2) is 9.97 Å². The van der Waals surface area contributed by atoms with Crippen molar-refractivity contribution < 1.29 is 0 Å². The Hall–Kier alpha value is -1.42. The molecule has 0 saturated heterocycles. The van der Waals surface area contributed by atoms with Gasteiger partial charge in [0.15, 0.2) is 5.82 Å². The first-order valence-electron chi connectivity index (χ1n) is 7.04. The predicted octanol–water partition coefficient (Wildman–Crippen LogP) is 4.45. The van der Waals surface area contributed by atoms with Gasteiger partial charge < -0.3 is 5.73 Å². The number of benzene rings is 1. The lowest BCUT2D eigenvalue weighted by Crippen LogP contribution is -2.03. The van der Waals surface area contributed by atoms with Crippen LogP contribution < -0.4 is 5.73 Å². The zero-order valence-electron chi connectivity index (χ0n) is 11.6. The van der Waals surface area contributed by atoms with Gasteiger partial charge in [-0.05, 0) is 37.5 Å². The summed E-state index contributed by atoms with van der Waals surface area (Å²) < 4.78 is 1.10. The monoisotopic (exact) mass is 331 g/mol. The van der Waals surface area contributed by atoms with Crippen LogP contribution in [0.15, 0.2) is 28.7 Å². The molecule has 0 amide bonds. The van der Waals surface area contributed by atoms with Crippen molar-refractivity contribution in [1.29, 1.82) is 0 Å². The Labute approximate surface area is 127 Å². The second-order valence-corrected chi connectivity index (χ2v) is 6.34. The average molecular weight is 332 g/mol. The number of nitrogens with zero attached hydrogens (tertiary/aromatic N) is 2. The molecule has 1 aliphatic rings. The smallest absolute Gasteiger partial charge is 0.161 e. The third kappa shape index (κ3) is 2.70. The quantitative estimate of drug-likeness (QED) is 0.884. The Kier molecular flexibility index (Phi) is 3.74. The lowest BCUT2D eigenvalue weighted by atomic mass is 10.0. The number of nitrogen functional groups attached to an aromatic ring is 1. The number of halogens is 1. The van der Waals surface area contributed by atoms with E-state index in [9.17, 15) is 0 Å². The van der Waals surface area contributed by atoms with Gasteiger partial charge in [0.2, 0.25) is 0 Å². The van der Waals surface area contributed by atoms with Crippen LogP contribution in [0.4, 0.5) is 5.82 Å². The van der Waals surface area contributed by atoms with Crippen molar-refractivity contribution in [3.8, 4) is 11.4 Å². The van der Waals surface area contributed by atoms with Gasteiger partial charge in [-0.2, -0.15) is 0 Å². The van der Waals surface area contributed by atoms with Crippen LogP contribution in [0.1, 0.15) is 42.9 Å². The van der Waals surface area contributed by atoms with Gasteiger partial charge in [0.1, 0.15) is 5.82 Å². The fourth-order valence-electron chi connectivity index (χ4n) is 2.83. The maximum atomic E-state index is 5.97. The van der Waals surface area contributed by atoms with E-state index in [1.54, 1.807) is 0 Å². The molecular formula is C16H18BrN3. The Morgan fingerprint density at radius 2 is 1.90 bits per heavy atom. The van der Waals surface area contributed by atoms with Crippen LogP contribution in [-0.2, 0) is 0 Å². The Balaban J connectivity index is 2.02. The van der Waals surface area contributed by atoms with Crippen LogP contribution >= 0.6 is 15.9 Å². The highest BCUT2D eigenvalue weighted by Gasteiger charge is 2.20. The largest absolute Gasteiger partial charge is 0.384 e. The summed E-state index contributed by atoms with van der Waals surface area (Å²) in [4.78, 5) is 9.15. The van der Waals surface area contributed by atoms with E-state index >= 15 is 0 Å². The van der Waals surface area contributed by atoms with E-state index in [1.807, 2.05) is 18.2 Å². The molecule has 0 aliphatic heterocycles. The van der Waals surface area contributed by atoms with E-state index < -0.39 is 0 Å². The summed E-state index contributed by atoms with van der Waals surface area (Å²) in [5, 5.41) is 0. The molecule has 1 aromatic carbocycles. The van der Waals surface area contributed by atoms with Crippen LogP contribution in [-0.4, -0.2) is 9.97 Å². The molecule has 3 nitrogen and oxygen atoms in total. The van der Waals surface area contributed by atoms with Crippen LogP contribution in [0.5, 0.6) is 0 Å². The Morgan fingerprint density at radius 1 is 1.15 bits per heavy atom. The van der Waals surface area contributed by atoms with E-state index in [0.717, 1.165) is 21.6 Å². The van der Waals surface area contributed by atoms with Crippen LogP contribution in [0.2, 0.25) is 0 Å². The Bertz CT molecular complexity index is 634. The van der Waals surface area contributed by atoms with Gasteiger partial charge in [-0.3, -0.25) is 0 Å². The minimum atomic E-state index is 0.551. The number of anilines is 1. The summed E-state index contributed by atoms with van der Waals surface area (Å²) in [6, 6.07) is 8.10. The first-order chi connectivity index (χ1) is 9.63. The highest BCUT2D eigenvalue weighted by atomic mass is 79.9. The SMILES string of the molecule is Cc1cc(-c2nc(N)cc(C3CCCC3)n2)ccc1Br. The predicted molar refractivity (Wildman–Crippen MR) is 85.5 cm³/mol. The van der Waals surface area contributed by atoms with Crippen molar-refractivity contribution >= 4 is 21.7 Å². The second kappa shape index (κ2) is 5.52. The van der Waals surface area contributed by atoms with Crippen LogP contribution in [0, 0.1) is 6.92 Å². The molecule has 20 heavy (non-hydrogen) atoms. The van der Waals surface area contributed by atoms with E-state index in [-0.39, 0.29) is 0 Å². The first-order valence-corrected chi connectivity index (χ1v) is 7.84. The number of nitrogens with two attached hydrogens (primary N) is 1. The topological polar surface area (TPSA) is 51.8 Å². The van der Waals surface area contributed by atoms with Crippen molar-refractivity contribution in [2.75, 3.05) is 5.73 Å². The number of hydrogen-bond donors (Lipinski definition) is 1. The summed E-state index contributed by atoms with van der Waals surface area (Å²) >= 11 is 3.52. The molecule has 1 heterocycles. The molecule has 2 N–H and O–H groups in total. The molecule has 0 atom stereocenters. The highest BCUT2D eigenvalue weighted by Crippen LogP contribution is 2.34. The van der Waals surface area contributed by atoms with Crippen molar-refractivity contribution in [1.82, 2.24) is 9.97 Å². The van der Waals surface area contributed by atoms with Crippen LogP contribution in [0.25, 0.3) is 11.4 Å². The molecule has 4 heteroatoms. The molecule has 1 aromatic heterocycles. The fourth-order valence-corrected chi connectivity index (χ4v) is 3.08. The fraction of sp³-hybridized carbons (Fsp3) is 0.375. The average Bonchev–Trinajstić information content (AvgIpc) is 2.95. The normalized spacial score (nSPS) is 15.7. The van der Waals surface area contributed by atoms with E-state index in [0.29, 0.717) is 11.7 Å². The van der Waals surface area contributed by atoms with Gasteiger partial charge in [0.25, 0.3) is 0 Å². The van der Waals surface area contributed by atoms with Crippen LogP contribution in [0.3, 0.4) is 0 Å². The third-order valence-corrected chi connectivity index (χ3v) is 4.85. The molecule has 1 aliphatic carbocycles. The molecule has 0 spiro atoms. The molecule has 0 unspecified atom stereocenters. The van der Waals surface area contributed by atoms with Crippen molar-refractivity contribution in [2.45, 2.75) is 38.5 Å². The van der Waals surface area contributed by atoms with Gasteiger partial charge in [0.05, 0.1) is 0 Å². The minimum Gasteiger partial charge on any atom is -0.384 e. The van der Waals surface area contributed by atoms with Gasteiger partial charge in [-0.15, -0.1) is 0 Å². The van der Waals surface area contributed by atoms with Crippen molar-refractivity contribution in [3.63, 3.8) is 0 Å². The van der Waals surface area contributed by atoms with E-state index in [4.69, 9.17) is 10.7 Å². The Morgan fingerprint density at radius 3 is 2.60 bits per heavy atom. The summed E-state index contributed by atoms with van der Waals surface area (Å²) in [5.74, 6) is 1.86. The summed E-state index contributed by atoms with van der Waals surface area (Å²) in [7, 11) is 0.